The number of nitrogens with two attached hydrogens (primary N) is 1. The number of hydrogen-bond acceptors (Lipinski definition) is 4. The van der Waals surface area contributed by atoms with Gasteiger partial charge in [-0.25, -0.2) is 8.42 Å². The lowest BCUT2D eigenvalue weighted by Gasteiger charge is -2.16. The van der Waals surface area contributed by atoms with Crippen LogP contribution in [0.5, 0.6) is 0 Å². The van der Waals surface area contributed by atoms with E-state index in [1.54, 1.807) is 48.5 Å². The first kappa shape index (κ1) is 21.4. The lowest BCUT2D eigenvalue weighted by atomic mass is 10.1. The third-order valence-electron chi connectivity index (χ3n) is 4.84. The van der Waals surface area contributed by atoms with E-state index in [0.29, 0.717) is 35.0 Å². The van der Waals surface area contributed by atoms with Crippen LogP contribution in [0.3, 0.4) is 0 Å². The second-order valence-electron chi connectivity index (χ2n) is 6.91. The molecule has 2 aromatic rings. The quantitative estimate of drug-likeness (QED) is 0.824. The second-order valence-corrected chi connectivity index (χ2v) is 8.90. The number of carbonyl (C=O) groups excluding carboxylic acids is 1. The Balaban J connectivity index is 0.00000261. The van der Waals surface area contributed by atoms with Crippen molar-refractivity contribution in [2.24, 2.45) is 11.7 Å². The Morgan fingerprint density at radius 1 is 1.11 bits per heavy atom. The number of aryl methyl sites for hydroxylation is 1. The van der Waals surface area contributed by atoms with Gasteiger partial charge in [0.05, 0.1) is 10.6 Å². The predicted molar refractivity (Wildman–Crippen MR) is 109 cm³/mol. The van der Waals surface area contributed by atoms with Crippen LogP contribution >= 0.6 is 12.4 Å². The number of hydrogen-bond donors (Lipinski definition) is 1. The molecule has 1 saturated heterocycles. The summed E-state index contributed by atoms with van der Waals surface area (Å²) in [7, 11) is -3.40. The zero-order valence-electron chi connectivity index (χ0n) is 15.3. The fourth-order valence-corrected chi connectivity index (χ4v) is 4.53. The van der Waals surface area contributed by atoms with E-state index in [2.05, 4.69) is 0 Å². The molecule has 1 unspecified atom stereocenters. The maximum atomic E-state index is 12.5. The van der Waals surface area contributed by atoms with Crippen molar-refractivity contribution < 1.29 is 13.2 Å². The van der Waals surface area contributed by atoms with Gasteiger partial charge in [-0.1, -0.05) is 29.8 Å². The first-order valence-corrected chi connectivity index (χ1v) is 10.4. The Morgan fingerprint density at radius 2 is 1.74 bits per heavy atom. The monoisotopic (exact) mass is 408 g/mol. The van der Waals surface area contributed by atoms with Gasteiger partial charge >= 0.3 is 0 Å². The van der Waals surface area contributed by atoms with Gasteiger partial charge in [0.1, 0.15) is 0 Å². The molecule has 0 aromatic heterocycles. The number of nitrogens with zero attached hydrogens (tertiary/aromatic N) is 1. The summed E-state index contributed by atoms with van der Waals surface area (Å²) < 4.78 is 25.0. The highest BCUT2D eigenvalue weighted by Crippen LogP contribution is 2.20. The average Bonchev–Trinajstić information content (AvgIpc) is 3.11. The van der Waals surface area contributed by atoms with Crippen molar-refractivity contribution in [2.75, 3.05) is 19.6 Å². The van der Waals surface area contributed by atoms with Gasteiger partial charge in [0, 0.05) is 18.7 Å². The van der Waals surface area contributed by atoms with Gasteiger partial charge in [0.2, 0.25) is 0 Å². The summed E-state index contributed by atoms with van der Waals surface area (Å²) in [5.74, 6) is 0.274. The Kier molecular flexibility index (Phi) is 7.03. The van der Waals surface area contributed by atoms with Gasteiger partial charge in [-0.3, -0.25) is 4.79 Å². The summed E-state index contributed by atoms with van der Waals surface area (Å²) >= 11 is 0. The molecule has 3 rings (SSSR count). The summed E-state index contributed by atoms with van der Waals surface area (Å²) in [6, 6.07) is 13.7. The summed E-state index contributed by atoms with van der Waals surface area (Å²) in [4.78, 5) is 14.7. The first-order chi connectivity index (χ1) is 12.4. The Bertz CT molecular complexity index is 880. The van der Waals surface area contributed by atoms with Gasteiger partial charge in [-0.2, -0.15) is 0 Å². The molecule has 5 nitrogen and oxygen atoms in total. The van der Waals surface area contributed by atoms with E-state index in [1.807, 2.05) is 11.8 Å². The van der Waals surface area contributed by atoms with Crippen LogP contribution in [-0.4, -0.2) is 38.9 Å². The molecule has 0 spiro atoms. The highest BCUT2D eigenvalue weighted by molar-refractivity contribution is 7.90. The SMILES string of the molecule is Cc1ccc(S(=O)(=O)Cc2ccc(C(=O)N3CCC(CN)C3)cc2)cc1.Cl. The first-order valence-electron chi connectivity index (χ1n) is 8.77. The minimum atomic E-state index is -3.40. The van der Waals surface area contributed by atoms with Crippen LogP contribution in [0.15, 0.2) is 53.4 Å². The molecule has 1 aliphatic rings. The molecule has 2 N–H and O–H groups in total. The van der Waals surface area contributed by atoms with E-state index >= 15 is 0 Å². The van der Waals surface area contributed by atoms with Crippen LogP contribution in [0.1, 0.15) is 27.9 Å². The molecule has 27 heavy (non-hydrogen) atoms. The zero-order valence-corrected chi connectivity index (χ0v) is 16.9. The zero-order chi connectivity index (χ0) is 18.7. The van der Waals surface area contributed by atoms with Gasteiger partial charge < -0.3 is 10.6 Å². The van der Waals surface area contributed by atoms with Crippen molar-refractivity contribution in [1.82, 2.24) is 4.90 Å². The van der Waals surface area contributed by atoms with E-state index in [9.17, 15) is 13.2 Å². The summed E-state index contributed by atoms with van der Waals surface area (Å²) in [6.07, 6.45) is 0.940. The highest BCUT2D eigenvalue weighted by Gasteiger charge is 2.26. The standard InChI is InChI=1S/C20H24N2O3S.ClH/c1-15-2-8-19(9-3-15)26(24,25)14-16-4-6-18(7-5-16)20(23)22-11-10-17(12-21)13-22;/h2-9,17H,10-14,21H2,1H3;1H. The predicted octanol–water partition coefficient (Wildman–Crippen LogP) is 2.81. The van der Waals surface area contributed by atoms with Crippen LogP contribution in [0, 0.1) is 12.8 Å². The minimum Gasteiger partial charge on any atom is -0.338 e. The summed E-state index contributed by atoms with van der Waals surface area (Å²) in [6.45, 7) is 3.94. The lowest BCUT2D eigenvalue weighted by Crippen LogP contribution is -2.29. The summed E-state index contributed by atoms with van der Waals surface area (Å²) in [5.41, 5.74) is 7.95. The lowest BCUT2D eigenvalue weighted by molar-refractivity contribution is 0.0787. The smallest absolute Gasteiger partial charge is 0.253 e. The largest absolute Gasteiger partial charge is 0.338 e. The Hall–Kier alpha value is -1.89. The molecule has 2 aromatic carbocycles. The number of benzene rings is 2. The molecule has 1 fully saturated rings. The third-order valence-corrected chi connectivity index (χ3v) is 6.55. The van der Waals surface area contributed by atoms with E-state index in [0.717, 1.165) is 18.5 Å². The molecule has 0 radical (unpaired) electrons. The van der Waals surface area contributed by atoms with Crippen LogP contribution in [-0.2, 0) is 15.6 Å². The molecule has 0 aliphatic carbocycles. The highest BCUT2D eigenvalue weighted by atomic mass is 35.5. The molecule has 0 saturated carbocycles. The van der Waals surface area contributed by atoms with E-state index in [-0.39, 0.29) is 24.1 Å². The number of sulfone groups is 1. The maximum Gasteiger partial charge on any atom is 0.253 e. The van der Waals surface area contributed by atoms with Crippen LogP contribution in [0.25, 0.3) is 0 Å². The van der Waals surface area contributed by atoms with Crippen LogP contribution < -0.4 is 5.73 Å². The Morgan fingerprint density at radius 3 is 2.30 bits per heavy atom. The van der Waals surface area contributed by atoms with Crippen molar-refractivity contribution in [3.63, 3.8) is 0 Å². The molecular weight excluding hydrogens is 384 g/mol. The molecular formula is C20H25ClN2O3S. The summed E-state index contributed by atoms with van der Waals surface area (Å²) in [5, 5.41) is 0. The number of amides is 1. The number of likely N-dealkylation sites (tertiary alicyclic amines) is 1. The van der Waals surface area contributed by atoms with Gasteiger partial charge in [-0.15, -0.1) is 12.4 Å². The molecule has 1 heterocycles. The third kappa shape index (κ3) is 5.09. The maximum absolute atomic E-state index is 12.5. The van der Waals surface area contributed by atoms with Gasteiger partial charge in [0.25, 0.3) is 5.91 Å². The fraction of sp³-hybridized carbons (Fsp3) is 0.350. The molecule has 146 valence electrons. The molecule has 1 aliphatic heterocycles. The van der Waals surface area contributed by atoms with Crippen molar-refractivity contribution in [3.8, 4) is 0 Å². The van der Waals surface area contributed by atoms with E-state index < -0.39 is 9.84 Å². The normalized spacial score (nSPS) is 16.8. The number of rotatable bonds is 5. The van der Waals surface area contributed by atoms with Gasteiger partial charge in [0.15, 0.2) is 9.84 Å². The van der Waals surface area contributed by atoms with Crippen molar-refractivity contribution >= 4 is 28.2 Å². The van der Waals surface area contributed by atoms with Crippen LogP contribution in [0.4, 0.5) is 0 Å². The molecule has 0 bridgehead atoms. The average molecular weight is 409 g/mol. The molecule has 7 heteroatoms. The minimum absolute atomic E-state index is 0. The van der Waals surface area contributed by atoms with Crippen molar-refractivity contribution in [2.45, 2.75) is 24.0 Å². The number of carbonyl (C=O) groups is 1. The second kappa shape index (κ2) is 8.87. The van der Waals surface area contributed by atoms with Crippen molar-refractivity contribution in [3.05, 3.63) is 65.2 Å². The Labute approximate surface area is 166 Å². The van der Waals surface area contributed by atoms with Crippen LogP contribution in [0.2, 0.25) is 0 Å². The van der Waals surface area contributed by atoms with Gasteiger partial charge in [-0.05, 0) is 55.6 Å². The van der Waals surface area contributed by atoms with E-state index in [4.69, 9.17) is 5.73 Å². The number of halogens is 1. The topological polar surface area (TPSA) is 80.5 Å². The van der Waals surface area contributed by atoms with E-state index in [1.165, 1.54) is 0 Å². The fourth-order valence-electron chi connectivity index (χ4n) is 3.18. The van der Waals surface area contributed by atoms with Crippen molar-refractivity contribution in [1.29, 1.82) is 0 Å². The molecule has 1 atom stereocenters. The molecule has 1 amide bonds.